The van der Waals surface area contributed by atoms with Crippen molar-refractivity contribution in [3.8, 4) is 0 Å². The average Bonchev–Trinajstić information content (AvgIpc) is 2.92. The summed E-state index contributed by atoms with van der Waals surface area (Å²) in [6.07, 6.45) is -1.73. The van der Waals surface area contributed by atoms with Crippen molar-refractivity contribution in [1.82, 2.24) is 0 Å². The van der Waals surface area contributed by atoms with Gasteiger partial charge in [0.2, 0.25) is 0 Å². The maximum absolute atomic E-state index is 9.09. The molecule has 10 unspecified atom stereocenters. The second-order valence-electron chi connectivity index (χ2n) is 7.95. The third-order valence-corrected chi connectivity index (χ3v) is 7.73. The van der Waals surface area contributed by atoms with Gasteiger partial charge in [0, 0.05) is 36.2 Å². The summed E-state index contributed by atoms with van der Waals surface area (Å²) in [4.78, 5) is 0. The van der Waals surface area contributed by atoms with Gasteiger partial charge in [-0.1, -0.05) is 13.8 Å². The fraction of sp³-hybridized carbons (Fsp3) is 1.00. The number of ether oxygens (including phenoxy) is 1. The minimum Gasteiger partial charge on any atom is -0.396 e. The van der Waals surface area contributed by atoms with Crippen LogP contribution in [-0.2, 0) is 4.74 Å². The predicted molar refractivity (Wildman–Crippen MR) is 107 cm³/mol. The van der Waals surface area contributed by atoms with E-state index < -0.39 is 18.3 Å². The first kappa shape index (κ1) is 26.1. The van der Waals surface area contributed by atoms with E-state index in [0.717, 1.165) is 6.42 Å². The van der Waals surface area contributed by atoms with Gasteiger partial charge < -0.3 is 40.5 Å². The standard InChI is InChI=1S/C7H14O2.C6H12O4.C6H12O2S/c1-5-2-6(3-8)7(5)4-9;1-3-5(8)6(9)4(2-7)10-3;1-4-5(2-7)6(3-8)9-4/h5-9H,2-4H2,1H3;3-9H,2H2,1H3;4-8H,2-3H2,1H3. The molecule has 28 heavy (non-hydrogen) atoms. The molecule has 0 amide bonds. The first-order valence-electron chi connectivity index (χ1n) is 9.96. The van der Waals surface area contributed by atoms with Gasteiger partial charge in [0.25, 0.3) is 0 Å². The Labute approximate surface area is 171 Å². The third kappa shape index (κ3) is 6.52. The van der Waals surface area contributed by atoms with Crippen LogP contribution in [0.5, 0.6) is 0 Å². The highest BCUT2D eigenvalue weighted by Crippen LogP contribution is 2.41. The maximum Gasteiger partial charge on any atom is 0.111 e. The SMILES string of the molecule is CC1CC(CO)C1CO.CC1OC(CO)C(O)C1O.CC1SC(CO)C1CO. The molecule has 8 nitrogen and oxygen atoms in total. The van der Waals surface area contributed by atoms with Gasteiger partial charge in [-0.3, -0.25) is 0 Å². The Hall–Kier alpha value is 0.0300. The lowest BCUT2D eigenvalue weighted by Crippen LogP contribution is -2.42. The van der Waals surface area contributed by atoms with Crippen LogP contribution >= 0.6 is 11.8 Å². The van der Waals surface area contributed by atoms with E-state index in [1.54, 1.807) is 18.7 Å². The molecule has 2 saturated heterocycles. The molecule has 9 heteroatoms. The molecular formula is C19H38O8S. The van der Waals surface area contributed by atoms with Crippen molar-refractivity contribution in [1.29, 1.82) is 0 Å². The van der Waals surface area contributed by atoms with E-state index in [1.165, 1.54) is 0 Å². The summed E-state index contributed by atoms with van der Waals surface area (Å²) in [5, 5.41) is 62.4. The summed E-state index contributed by atoms with van der Waals surface area (Å²) in [6.45, 7) is 6.53. The summed E-state index contributed by atoms with van der Waals surface area (Å²) in [5.74, 6) is 1.70. The molecule has 0 aromatic heterocycles. The maximum atomic E-state index is 9.09. The van der Waals surface area contributed by atoms with Crippen LogP contribution in [0.4, 0.5) is 0 Å². The minimum absolute atomic E-state index is 0.209. The molecule has 3 fully saturated rings. The zero-order valence-corrected chi connectivity index (χ0v) is 17.8. The van der Waals surface area contributed by atoms with E-state index in [-0.39, 0.29) is 39.1 Å². The Morgan fingerprint density at radius 1 is 0.786 bits per heavy atom. The van der Waals surface area contributed by atoms with Gasteiger partial charge in [-0.05, 0) is 31.1 Å². The van der Waals surface area contributed by atoms with Crippen LogP contribution in [0.3, 0.4) is 0 Å². The first-order valence-corrected chi connectivity index (χ1v) is 10.9. The summed E-state index contributed by atoms with van der Waals surface area (Å²) < 4.78 is 4.98. The number of aliphatic hydroxyl groups excluding tert-OH is 7. The van der Waals surface area contributed by atoms with Gasteiger partial charge in [0.1, 0.15) is 18.3 Å². The summed E-state index contributed by atoms with van der Waals surface area (Å²) in [5.41, 5.74) is 0. The molecule has 1 aliphatic carbocycles. The molecule has 0 bridgehead atoms. The zero-order chi connectivity index (χ0) is 21.4. The van der Waals surface area contributed by atoms with Crippen LogP contribution in [0.1, 0.15) is 27.2 Å². The molecule has 1 saturated carbocycles. The Balaban J connectivity index is 0.000000210. The Morgan fingerprint density at radius 2 is 1.39 bits per heavy atom. The van der Waals surface area contributed by atoms with Gasteiger partial charge in [0.05, 0.1) is 19.3 Å². The fourth-order valence-corrected chi connectivity index (χ4v) is 5.22. The van der Waals surface area contributed by atoms with Crippen molar-refractivity contribution in [2.24, 2.45) is 23.7 Å². The van der Waals surface area contributed by atoms with E-state index in [9.17, 15) is 0 Å². The number of hydrogen-bond acceptors (Lipinski definition) is 9. The molecule has 0 aromatic carbocycles. The lowest BCUT2D eigenvalue weighted by Gasteiger charge is -2.40. The van der Waals surface area contributed by atoms with Crippen LogP contribution in [0.15, 0.2) is 0 Å². The van der Waals surface area contributed by atoms with Crippen molar-refractivity contribution in [3.63, 3.8) is 0 Å². The van der Waals surface area contributed by atoms with Crippen molar-refractivity contribution < 1.29 is 40.5 Å². The van der Waals surface area contributed by atoms with Crippen molar-refractivity contribution >= 4 is 11.8 Å². The second kappa shape index (κ2) is 12.7. The molecule has 0 aromatic rings. The fourth-order valence-electron chi connectivity index (χ4n) is 3.85. The highest BCUT2D eigenvalue weighted by molar-refractivity contribution is 8.01. The first-order chi connectivity index (χ1) is 13.2. The Kier molecular flexibility index (Phi) is 11.8. The average molecular weight is 427 g/mol. The van der Waals surface area contributed by atoms with Crippen molar-refractivity contribution in [2.45, 2.75) is 62.1 Å². The van der Waals surface area contributed by atoms with E-state index in [2.05, 4.69) is 13.8 Å². The number of rotatable bonds is 5. The van der Waals surface area contributed by atoms with Crippen LogP contribution < -0.4 is 0 Å². The van der Waals surface area contributed by atoms with E-state index in [0.29, 0.717) is 34.2 Å². The van der Waals surface area contributed by atoms with Crippen LogP contribution in [0, 0.1) is 23.7 Å². The molecule has 10 atom stereocenters. The van der Waals surface area contributed by atoms with E-state index in [1.807, 2.05) is 0 Å². The molecule has 3 rings (SSSR count). The molecular weight excluding hydrogens is 388 g/mol. The molecule has 3 aliphatic rings. The summed E-state index contributed by atoms with van der Waals surface area (Å²) in [7, 11) is 0. The summed E-state index contributed by atoms with van der Waals surface area (Å²) >= 11 is 1.75. The number of aliphatic hydroxyl groups is 7. The molecule has 7 N–H and O–H groups in total. The van der Waals surface area contributed by atoms with Crippen LogP contribution in [-0.4, -0.2) is 104 Å². The van der Waals surface area contributed by atoms with Gasteiger partial charge in [-0.25, -0.2) is 0 Å². The molecule has 2 heterocycles. The summed E-state index contributed by atoms with van der Waals surface area (Å²) in [6, 6.07) is 0. The van der Waals surface area contributed by atoms with Gasteiger partial charge in [-0.2, -0.15) is 11.8 Å². The highest BCUT2D eigenvalue weighted by atomic mass is 32.2. The lowest BCUT2D eigenvalue weighted by molar-refractivity contribution is -0.0171. The quantitative estimate of drug-likeness (QED) is 0.288. The molecule has 0 radical (unpaired) electrons. The molecule has 168 valence electrons. The largest absolute Gasteiger partial charge is 0.396 e. The van der Waals surface area contributed by atoms with Gasteiger partial charge in [0.15, 0.2) is 0 Å². The third-order valence-electron chi connectivity index (χ3n) is 6.10. The molecule has 2 aliphatic heterocycles. The minimum atomic E-state index is -0.944. The zero-order valence-electron chi connectivity index (χ0n) is 17.0. The number of thioether (sulfide) groups is 1. The smallest absolute Gasteiger partial charge is 0.111 e. The van der Waals surface area contributed by atoms with Gasteiger partial charge >= 0.3 is 0 Å². The van der Waals surface area contributed by atoms with E-state index in [4.69, 9.17) is 40.5 Å². The van der Waals surface area contributed by atoms with Crippen LogP contribution in [0.25, 0.3) is 0 Å². The van der Waals surface area contributed by atoms with Crippen molar-refractivity contribution in [3.05, 3.63) is 0 Å². The highest BCUT2D eigenvalue weighted by Gasteiger charge is 2.39. The predicted octanol–water partition coefficient (Wildman–Crippen LogP) is -1.18. The topological polar surface area (TPSA) is 151 Å². The number of hydrogen-bond donors (Lipinski definition) is 7. The molecule has 0 spiro atoms. The lowest BCUT2D eigenvalue weighted by atomic mass is 9.66. The Bertz CT molecular complexity index is 405. The monoisotopic (exact) mass is 426 g/mol. The van der Waals surface area contributed by atoms with Gasteiger partial charge in [-0.15, -0.1) is 0 Å². The van der Waals surface area contributed by atoms with E-state index >= 15 is 0 Å². The normalized spacial score (nSPS) is 44.4. The van der Waals surface area contributed by atoms with Crippen molar-refractivity contribution in [2.75, 3.05) is 33.0 Å². The van der Waals surface area contributed by atoms with Crippen LogP contribution in [0.2, 0.25) is 0 Å². The Morgan fingerprint density at radius 3 is 1.61 bits per heavy atom. The second-order valence-corrected chi connectivity index (χ2v) is 9.58.